The first-order valence-electron chi connectivity index (χ1n) is 8.50. The maximum absolute atomic E-state index is 13.7. The Morgan fingerprint density at radius 2 is 1.68 bits per heavy atom. The molecule has 0 unspecified atom stereocenters. The second kappa shape index (κ2) is 7.82. The number of benzene rings is 3. The van der Waals surface area contributed by atoms with Crippen molar-refractivity contribution in [2.45, 2.75) is 11.8 Å². The van der Waals surface area contributed by atoms with Crippen LogP contribution in [0.5, 0.6) is 0 Å². The molecule has 3 aromatic carbocycles. The van der Waals surface area contributed by atoms with Crippen molar-refractivity contribution >= 4 is 27.3 Å². The van der Waals surface area contributed by atoms with Gasteiger partial charge in [-0.05, 0) is 55.0 Å². The van der Waals surface area contributed by atoms with Gasteiger partial charge in [-0.3, -0.25) is 9.10 Å². The van der Waals surface area contributed by atoms with Crippen LogP contribution in [-0.2, 0) is 10.0 Å². The van der Waals surface area contributed by atoms with Crippen molar-refractivity contribution in [2.75, 3.05) is 16.7 Å². The number of anilines is 2. The van der Waals surface area contributed by atoms with Crippen LogP contribution in [0.2, 0.25) is 0 Å². The normalized spacial score (nSPS) is 11.1. The third kappa shape index (κ3) is 4.04. The molecule has 28 heavy (non-hydrogen) atoms. The number of carbonyl (C=O) groups is 1. The average Bonchev–Trinajstić information content (AvgIpc) is 2.69. The highest BCUT2D eigenvalue weighted by Crippen LogP contribution is 2.24. The lowest BCUT2D eigenvalue weighted by atomic mass is 10.2. The Morgan fingerprint density at radius 3 is 2.39 bits per heavy atom. The molecule has 3 aromatic rings. The summed E-state index contributed by atoms with van der Waals surface area (Å²) in [4.78, 5) is 12.4. The largest absolute Gasteiger partial charge is 0.319 e. The maximum Gasteiger partial charge on any atom is 0.264 e. The minimum Gasteiger partial charge on any atom is -0.319 e. The fraction of sp³-hybridized carbons (Fsp3) is 0.0952. The van der Waals surface area contributed by atoms with E-state index in [1.165, 1.54) is 49.5 Å². The van der Waals surface area contributed by atoms with Crippen molar-refractivity contribution in [2.24, 2.45) is 0 Å². The molecule has 144 valence electrons. The number of para-hydroxylation sites is 1. The first kappa shape index (κ1) is 19.6. The van der Waals surface area contributed by atoms with Gasteiger partial charge in [0.15, 0.2) is 0 Å². The van der Waals surface area contributed by atoms with Crippen LogP contribution in [0.4, 0.5) is 15.8 Å². The standard InChI is InChI=1S/C21H19FN2O3S/c1-15-7-5-9-17(13-15)24(2)28(26,27)18-10-6-8-16(14-18)21(25)23-20-12-4-3-11-19(20)22/h3-14H,1-2H3,(H,23,25). The molecule has 0 aromatic heterocycles. The maximum atomic E-state index is 13.7. The van der Waals surface area contributed by atoms with Crippen LogP contribution < -0.4 is 9.62 Å². The molecule has 3 rings (SSSR count). The molecule has 0 spiro atoms. The molecule has 5 nitrogen and oxygen atoms in total. The molecule has 0 fully saturated rings. The summed E-state index contributed by atoms with van der Waals surface area (Å²) in [5.41, 5.74) is 1.58. The summed E-state index contributed by atoms with van der Waals surface area (Å²) in [5.74, 6) is -1.17. The van der Waals surface area contributed by atoms with Gasteiger partial charge in [0, 0.05) is 12.6 Å². The first-order chi connectivity index (χ1) is 13.3. The van der Waals surface area contributed by atoms with Crippen molar-refractivity contribution in [3.8, 4) is 0 Å². The van der Waals surface area contributed by atoms with Crippen LogP contribution >= 0.6 is 0 Å². The van der Waals surface area contributed by atoms with E-state index < -0.39 is 21.7 Å². The number of rotatable bonds is 5. The number of sulfonamides is 1. The van der Waals surface area contributed by atoms with Crippen LogP contribution in [0.1, 0.15) is 15.9 Å². The molecule has 0 heterocycles. The van der Waals surface area contributed by atoms with Crippen LogP contribution in [0.15, 0.2) is 77.7 Å². The van der Waals surface area contributed by atoms with E-state index in [-0.39, 0.29) is 16.1 Å². The molecule has 0 saturated heterocycles. The van der Waals surface area contributed by atoms with Crippen LogP contribution in [-0.4, -0.2) is 21.4 Å². The molecule has 1 N–H and O–H groups in total. The second-order valence-corrected chi connectivity index (χ2v) is 8.24. The summed E-state index contributed by atoms with van der Waals surface area (Å²) in [6.45, 7) is 1.87. The zero-order valence-electron chi connectivity index (χ0n) is 15.4. The number of nitrogens with zero attached hydrogens (tertiary/aromatic N) is 1. The number of aryl methyl sites for hydroxylation is 1. The van der Waals surface area contributed by atoms with Gasteiger partial charge in [-0.15, -0.1) is 0 Å². The van der Waals surface area contributed by atoms with E-state index in [9.17, 15) is 17.6 Å². The molecular formula is C21H19FN2O3S. The summed E-state index contributed by atoms with van der Waals surface area (Å²) in [6, 6.07) is 18.5. The topological polar surface area (TPSA) is 66.5 Å². The van der Waals surface area contributed by atoms with Crippen molar-refractivity contribution < 1.29 is 17.6 Å². The summed E-state index contributed by atoms with van der Waals surface area (Å²) in [7, 11) is -2.41. The third-order valence-electron chi connectivity index (χ3n) is 4.24. The lowest BCUT2D eigenvalue weighted by Crippen LogP contribution is -2.27. The lowest BCUT2D eigenvalue weighted by Gasteiger charge is -2.20. The SMILES string of the molecule is Cc1cccc(N(C)S(=O)(=O)c2cccc(C(=O)Nc3ccccc3F)c2)c1. The Hall–Kier alpha value is -3.19. The number of amides is 1. The zero-order valence-corrected chi connectivity index (χ0v) is 16.2. The number of halogens is 1. The van der Waals surface area contributed by atoms with Gasteiger partial charge >= 0.3 is 0 Å². The fourth-order valence-corrected chi connectivity index (χ4v) is 3.91. The van der Waals surface area contributed by atoms with E-state index in [2.05, 4.69) is 5.32 Å². The van der Waals surface area contributed by atoms with Gasteiger partial charge in [-0.2, -0.15) is 0 Å². The Morgan fingerprint density at radius 1 is 0.964 bits per heavy atom. The Labute approximate surface area is 163 Å². The highest BCUT2D eigenvalue weighted by Gasteiger charge is 2.22. The van der Waals surface area contributed by atoms with E-state index in [1.54, 1.807) is 24.3 Å². The summed E-state index contributed by atoms with van der Waals surface area (Å²) < 4.78 is 40.8. The quantitative estimate of drug-likeness (QED) is 0.700. The van der Waals surface area contributed by atoms with Crippen molar-refractivity contribution in [3.05, 3.63) is 89.7 Å². The van der Waals surface area contributed by atoms with Gasteiger partial charge in [0.1, 0.15) is 5.82 Å². The van der Waals surface area contributed by atoms with Crippen molar-refractivity contribution in [1.82, 2.24) is 0 Å². The number of carbonyl (C=O) groups excluding carboxylic acids is 1. The predicted molar refractivity (Wildman–Crippen MR) is 108 cm³/mol. The molecule has 0 atom stereocenters. The van der Waals surface area contributed by atoms with Crippen LogP contribution in [0.3, 0.4) is 0 Å². The highest BCUT2D eigenvalue weighted by atomic mass is 32.2. The first-order valence-corrected chi connectivity index (χ1v) is 9.94. The van der Waals surface area contributed by atoms with Gasteiger partial charge < -0.3 is 5.32 Å². The van der Waals surface area contributed by atoms with E-state index in [1.807, 2.05) is 13.0 Å². The predicted octanol–water partition coefficient (Wildman–Crippen LogP) is 4.21. The van der Waals surface area contributed by atoms with Gasteiger partial charge in [-0.25, -0.2) is 12.8 Å². The molecule has 0 aliphatic carbocycles. The monoisotopic (exact) mass is 398 g/mol. The zero-order chi connectivity index (χ0) is 20.3. The van der Waals surface area contributed by atoms with Crippen LogP contribution in [0, 0.1) is 12.7 Å². The number of nitrogens with one attached hydrogen (secondary N) is 1. The third-order valence-corrected chi connectivity index (χ3v) is 6.02. The van der Waals surface area contributed by atoms with E-state index in [0.29, 0.717) is 5.69 Å². The molecule has 0 aliphatic heterocycles. The molecule has 0 bridgehead atoms. The number of hydrogen-bond acceptors (Lipinski definition) is 3. The molecular weight excluding hydrogens is 379 g/mol. The van der Waals surface area contributed by atoms with E-state index >= 15 is 0 Å². The van der Waals surface area contributed by atoms with Gasteiger partial charge in [-0.1, -0.05) is 30.3 Å². The van der Waals surface area contributed by atoms with Gasteiger partial charge in [0.25, 0.3) is 15.9 Å². The minimum atomic E-state index is -3.87. The molecule has 1 amide bonds. The average molecular weight is 398 g/mol. The summed E-state index contributed by atoms with van der Waals surface area (Å²) in [5, 5.41) is 2.45. The highest BCUT2D eigenvalue weighted by molar-refractivity contribution is 7.92. The Kier molecular flexibility index (Phi) is 5.46. The van der Waals surface area contributed by atoms with Crippen LogP contribution in [0.25, 0.3) is 0 Å². The Balaban J connectivity index is 1.89. The van der Waals surface area contributed by atoms with E-state index in [4.69, 9.17) is 0 Å². The van der Waals surface area contributed by atoms with Gasteiger partial charge in [0.2, 0.25) is 0 Å². The summed E-state index contributed by atoms with van der Waals surface area (Å²) in [6.07, 6.45) is 0. The second-order valence-electron chi connectivity index (χ2n) is 6.27. The number of hydrogen-bond donors (Lipinski definition) is 1. The minimum absolute atomic E-state index is 0.0256. The Bertz CT molecular complexity index is 1130. The summed E-state index contributed by atoms with van der Waals surface area (Å²) >= 11 is 0. The lowest BCUT2D eigenvalue weighted by molar-refractivity contribution is 0.102. The fourth-order valence-electron chi connectivity index (χ4n) is 2.68. The van der Waals surface area contributed by atoms with Gasteiger partial charge in [0.05, 0.1) is 16.3 Å². The van der Waals surface area contributed by atoms with Crippen molar-refractivity contribution in [1.29, 1.82) is 0 Å². The molecule has 7 heteroatoms. The van der Waals surface area contributed by atoms with E-state index in [0.717, 1.165) is 9.87 Å². The molecule has 0 saturated carbocycles. The van der Waals surface area contributed by atoms with Crippen molar-refractivity contribution in [3.63, 3.8) is 0 Å². The molecule has 0 aliphatic rings. The smallest absolute Gasteiger partial charge is 0.264 e. The molecule has 0 radical (unpaired) electrons.